The number of nitrogens with one attached hydrogen (secondary N) is 1. The van der Waals surface area contributed by atoms with E-state index in [0.717, 1.165) is 80.4 Å². The van der Waals surface area contributed by atoms with Crippen molar-refractivity contribution in [3.05, 3.63) is 42.1 Å². The number of hydrogen-bond donors (Lipinski definition) is 1. The summed E-state index contributed by atoms with van der Waals surface area (Å²) >= 11 is 0. The summed E-state index contributed by atoms with van der Waals surface area (Å²) in [5, 5.41) is 3.47. The second-order valence-electron chi connectivity index (χ2n) is 8.57. The van der Waals surface area contributed by atoms with Gasteiger partial charge in [0.05, 0.1) is 37.2 Å². The maximum absolute atomic E-state index is 13.8. The zero-order valence-corrected chi connectivity index (χ0v) is 18.0. The highest BCUT2D eigenvalue weighted by Crippen LogP contribution is 2.39. The Morgan fingerprint density at radius 2 is 1.97 bits per heavy atom. The van der Waals surface area contributed by atoms with Crippen LogP contribution in [0.1, 0.15) is 31.2 Å². The molecule has 0 unspecified atom stereocenters. The lowest BCUT2D eigenvalue weighted by molar-refractivity contribution is -0.124. The number of morpholine rings is 1. The number of rotatable bonds is 3. The molecule has 2 fully saturated rings. The van der Waals surface area contributed by atoms with E-state index in [4.69, 9.17) is 9.47 Å². The summed E-state index contributed by atoms with van der Waals surface area (Å²) in [6, 6.07) is 10.3. The van der Waals surface area contributed by atoms with Crippen molar-refractivity contribution < 1.29 is 14.3 Å². The molecule has 5 rings (SSSR count). The number of ether oxygens (including phenoxy) is 2. The summed E-state index contributed by atoms with van der Waals surface area (Å²) in [6.07, 6.45) is 5.70. The Labute approximate surface area is 183 Å². The third kappa shape index (κ3) is 4.12. The summed E-state index contributed by atoms with van der Waals surface area (Å²) < 4.78 is 11.0. The smallest absolute Gasteiger partial charge is 0.230 e. The Kier molecular flexibility index (Phi) is 5.78. The second kappa shape index (κ2) is 8.85. The van der Waals surface area contributed by atoms with Crippen molar-refractivity contribution in [2.24, 2.45) is 5.92 Å². The fourth-order valence-electron chi connectivity index (χ4n) is 4.89. The third-order valence-corrected chi connectivity index (χ3v) is 6.74. The number of aromatic nitrogens is 1. The van der Waals surface area contributed by atoms with Crippen LogP contribution >= 0.6 is 0 Å². The van der Waals surface area contributed by atoms with Crippen LogP contribution in [0.3, 0.4) is 0 Å². The number of pyridine rings is 1. The molecule has 7 nitrogen and oxygen atoms in total. The van der Waals surface area contributed by atoms with Crippen LogP contribution in [0.4, 0.5) is 22.9 Å². The van der Waals surface area contributed by atoms with Crippen molar-refractivity contribution in [2.45, 2.75) is 38.3 Å². The van der Waals surface area contributed by atoms with Crippen LogP contribution in [0, 0.1) is 5.92 Å². The number of anilines is 4. The SMILES string of the molecule is COC1CCC(C(=O)N2Cc3cccnc3Nc3ccc(N4CCOCC4)cc32)CC1. The van der Waals surface area contributed by atoms with Gasteiger partial charge in [-0.1, -0.05) is 6.07 Å². The number of hydrogen-bond acceptors (Lipinski definition) is 6. The van der Waals surface area contributed by atoms with Crippen LogP contribution in [0.2, 0.25) is 0 Å². The normalized spacial score (nSPS) is 23.4. The topological polar surface area (TPSA) is 66.9 Å². The lowest BCUT2D eigenvalue weighted by Crippen LogP contribution is -2.39. The molecule has 1 aromatic heterocycles. The molecular formula is C24H30N4O3. The average Bonchev–Trinajstić information content (AvgIpc) is 3.00. The van der Waals surface area contributed by atoms with Crippen molar-refractivity contribution in [1.29, 1.82) is 0 Å². The number of nitrogens with zero attached hydrogens (tertiary/aromatic N) is 3. The molecule has 0 radical (unpaired) electrons. The first-order valence-electron chi connectivity index (χ1n) is 11.2. The molecule has 0 atom stereocenters. The maximum Gasteiger partial charge on any atom is 0.230 e. The van der Waals surface area contributed by atoms with Crippen LogP contribution in [0.15, 0.2) is 36.5 Å². The Morgan fingerprint density at radius 3 is 2.74 bits per heavy atom. The highest BCUT2D eigenvalue weighted by Gasteiger charge is 2.33. The van der Waals surface area contributed by atoms with E-state index in [0.29, 0.717) is 6.54 Å². The fraction of sp³-hybridized carbons (Fsp3) is 0.500. The predicted molar refractivity (Wildman–Crippen MR) is 121 cm³/mol. The minimum atomic E-state index is 0.0320. The minimum Gasteiger partial charge on any atom is -0.381 e. The Balaban J connectivity index is 1.49. The Morgan fingerprint density at radius 1 is 1.16 bits per heavy atom. The minimum absolute atomic E-state index is 0.0320. The van der Waals surface area contributed by atoms with Crippen molar-refractivity contribution >= 4 is 28.8 Å². The molecule has 1 saturated heterocycles. The molecule has 1 aliphatic carbocycles. The third-order valence-electron chi connectivity index (χ3n) is 6.74. The van der Waals surface area contributed by atoms with E-state index in [1.807, 2.05) is 17.0 Å². The zero-order valence-electron chi connectivity index (χ0n) is 18.0. The van der Waals surface area contributed by atoms with Gasteiger partial charge in [-0.3, -0.25) is 4.79 Å². The van der Waals surface area contributed by atoms with Gasteiger partial charge in [0, 0.05) is 43.6 Å². The summed E-state index contributed by atoms with van der Waals surface area (Å²) in [4.78, 5) is 22.6. The van der Waals surface area contributed by atoms with E-state index in [1.54, 1.807) is 13.3 Å². The number of amides is 1. The first-order valence-corrected chi connectivity index (χ1v) is 11.2. The van der Waals surface area contributed by atoms with E-state index < -0.39 is 0 Å². The van der Waals surface area contributed by atoms with Crippen LogP contribution in [0.25, 0.3) is 0 Å². The summed E-state index contributed by atoms with van der Waals surface area (Å²) in [6.45, 7) is 3.72. The maximum atomic E-state index is 13.8. The van der Waals surface area contributed by atoms with E-state index in [9.17, 15) is 4.79 Å². The molecule has 3 aliphatic rings. The first-order chi connectivity index (χ1) is 15.2. The molecule has 0 bridgehead atoms. The van der Waals surface area contributed by atoms with E-state index in [1.165, 1.54) is 0 Å². The molecule has 1 amide bonds. The van der Waals surface area contributed by atoms with Gasteiger partial charge in [-0.25, -0.2) is 4.98 Å². The number of carbonyl (C=O) groups excluding carboxylic acids is 1. The largest absolute Gasteiger partial charge is 0.381 e. The highest BCUT2D eigenvalue weighted by atomic mass is 16.5. The molecule has 7 heteroatoms. The van der Waals surface area contributed by atoms with Crippen molar-refractivity contribution in [2.75, 3.05) is 48.5 Å². The van der Waals surface area contributed by atoms with Crippen LogP contribution < -0.4 is 15.1 Å². The standard InChI is InChI=1S/C24H30N4O3/c1-30-20-7-4-17(5-8-20)24(29)28-16-18-3-2-10-25-23(18)26-21-9-6-19(15-22(21)28)27-11-13-31-14-12-27/h2-3,6,9-10,15,17,20H,4-5,7-8,11-14,16H2,1H3,(H,25,26). The molecule has 1 saturated carbocycles. The van der Waals surface area contributed by atoms with Gasteiger partial charge in [0.25, 0.3) is 0 Å². The number of methoxy groups -OCH3 is 1. The van der Waals surface area contributed by atoms with Gasteiger partial charge in [0.2, 0.25) is 5.91 Å². The van der Waals surface area contributed by atoms with Gasteiger partial charge in [-0.15, -0.1) is 0 Å². The van der Waals surface area contributed by atoms with Gasteiger partial charge in [-0.05, 0) is 49.9 Å². The molecule has 1 aromatic carbocycles. The molecule has 164 valence electrons. The number of fused-ring (bicyclic) bond motifs is 2. The predicted octanol–water partition coefficient (Wildman–Crippen LogP) is 3.71. The van der Waals surface area contributed by atoms with Gasteiger partial charge < -0.3 is 24.6 Å². The average molecular weight is 423 g/mol. The highest BCUT2D eigenvalue weighted by molar-refractivity contribution is 6.00. The molecule has 2 aromatic rings. The number of carbonyl (C=O) groups is 1. The molecule has 1 N–H and O–H groups in total. The first kappa shape index (κ1) is 20.3. The van der Waals surface area contributed by atoms with Crippen LogP contribution in [-0.2, 0) is 20.8 Å². The van der Waals surface area contributed by atoms with E-state index >= 15 is 0 Å². The monoisotopic (exact) mass is 422 g/mol. The van der Waals surface area contributed by atoms with Gasteiger partial charge in [0.15, 0.2) is 0 Å². The molecule has 2 aliphatic heterocycles. The van der Waals surface area contributed by atoms with E-state index in [2.05, 4.69) is 33.4 Å². The summed E-state index contributed by atoms with van der Waals surface area (Å²) in [5.74, 6) is 1.05. The number of benzene rings is 1. The van der Waals surface area contributed by atoms with Crippen LogP contribution in [0.5, 0.6) is 0 Å². The van der Waals surface area contributed by atoms with Gasteiger partial charge in [-0.2, -0.15) is 0 Å². The lowest BCUT2D eigenvalue weighted by atomic mass is 9.86. The molecular weight excluding hydrogens is 392 g/mol. The summed E-state index contributed by atoms with van der Waals surface area (Å²) in [5.41, 5.74) is 4.02. The van der Waals surface area contributed by atoms with E-state index in [-0.39, 0.29) is 17.9 Å². The summed E-state index contributed by atoms with van der Waals surface area (Å²) in [7, 11) is 1.76. The van der Waals surface area contributed by atoms with Gasteiger partial charge >= 0.3 is 0 Å². The van der Waals surface area contributed by atoms with Crippen LogP contribution in [-0.4, -0.2) is 50.4 Å². The molecule has 3 heterocycles. The van der Waals surface area contributed by atoms with Crippen molar-refractivity contribution in [1.82, 2.24) is 4.98 Å². The quantitative estimate of drug-likeness (QED) is 0.813. The molecule has 0 spiro atoms. The van der Waals surface area contributed by atoms with Crippen molar-refractivity contribution in [3.63, 3.8) is 0 Å². The fourth-order valence-corrected chi connectivity index (χ4v) is 4.89. The molecule has 31 heavy (non-hydrogen) atoms. The lowest BCUT2D eigenvalue weighted by Gasteiger charge is -2.33. The van der Waals surface area contributed by atoms with Crippen molar-refractivity contribution in [3.8, 4) is 0 Å². The van der Waals surface area contributed by atoms with Gasteiger partial charge in [0.1, 0.15) is 5.82 Å². The second-order valence-corrected chi connectivity index (χ2v) is 8.57. The Hall–Kier alpha value is -2.64. The zero-order chi connectivity index (χ0) is 21.2. The Bertz CT molecular complexity index is 936.